The SMILES string of the molecule is CCOC(=O)C1(c2nc3cccnc3s2)CC1. The Morgan fingerprint density at radius 2 is 2.41 bits per heavy atom. The van der Waals surface area contributed by atoms with Gasteiger partial charge in [0.15, 0.2) is 0 Å². The number of hydrogen-bond donors (Lipinski definition) is 0. The summed E-state index contributed by atoms with van der Waals surface area (Å²) in [5.41, 5.74) is 0.393. The molecule has 0 radical (unpaired) electrons. The molecule has 3 rings (SSSR count). The maximum atomic E-state index is 11.9. The van der Waals surface area contributed by atoms with Gasteiger partial charge in [-0.25, -0.2) is 9.97 Å². The standard InChI is InChI=1S/C12H12N2O2S/c1-2-16-11(15)12(5-6-12)10-14-8-4-3-7-13-9(8)17-10/h3-4,7H,2,5-6H2,1H3. The molecule has 17 heavy (non-hydrogen) atoms. The van der Waals surface area contributed by atoms with E-state index >= 15 is 0 Å². The molecule has 0 amide bonds. The minimum Gasteiger partial charge on any atom is -0.465 e. The number of hydrogen-bond acceptors (Lipinski definition) is 5. The molecule has 1 aliphatic rings. The third-order valence-corrected chi connectivity index (χ3v) is 4.18. The van der Waals surface area contributed by atoms with Gasteiger partial charge in [0.1, 0.15) is 20.8 Å². The van der Waals surface area contributed by atoms with Crippen molar-refractivity contribution in [2.75, 3.05) is 6.61 Å². The summed E-state index contributed by atoms with van der Waals surface area (Å²) < 4.78 is 5.13. The van der Waals surface area contributed by atoms with E-state index in [9.17, 15) is 4.79 Å². The fourth-order valence-corrected chi connectivity index (χ4v) is 3.02. The molecule has 2 aromatic rings. The number of thiazole rings is 1. The zero-order valence-electron chi connectivity index (χ0n) is 9.47. The van der Waals surface area contributed by atoms with E-state index in [0.717, 1.165) is 28.2 Å². The molecule has 0 bridgehead atoms. The Kier molecular flexibility index (Phi) is 2.36. The highest BCUT2D eigenvalue weighted by atomic mass is 32.1. The monoisotopic (exact) mass is 248 g/mol. The molecule has 0 spiro atoms. The Labute approximate surface area is 103 Å². The van der Waals surface area contributed by atoms with Crippen LogP contribution in [0.25, 0.3) is 10.3 Å². The molecular weight excluding hydrogens is 236 g/mol. The molecule has 2 heterocycles. The predicted molar refractivity (Wildman–Crippen MR) is 65.0 cm³/mol. The fraction of sp³-hybridized carbons (Fsp3) is 0.417. The second-order valence-electron chi connectivity index (χ2n) is 4.15. The smallest absolute Gasteiger partial charge is 0.319 e. The van der Waals surface area contributed by atoms with Crippen LogP contribution >= 0.6 is 11.3 Å². The van der Waals surface area contributed by atoms with Crippen LogP contribution in [0.5, 0.6) is 0 Å². The number of fused-ring (bicyclic) bond motifs is 1. The van der Waals surface area contributed by atoms with Crippen LogP contribution < -0.4 is 0 Å². The van der Waals surface area contributed by atoms with Gasteiger partial charge in [-0.05, 0) is 31.9 Å². The molecular formula is C12H12N2O2S. The Morgan fingerprint density at radius 3 is 3.06 bits per heavy atom. The predicted octanol–water partition coefficient (Wildman–Crippen LogP) is 2.29. The number of rotatable bonds is 3. The van der Waals surface area contributed by atoms with Crippen LogP contribution in [0.15, 0.2) is 18.3 Å². The summed E-state index contributed by atoms with van der Waals surface area (Å²) in [5, 5.41) is 0.852. The average molecular weight is 248 g/mol. The Balaban J connectivity index is 2.01. The minimum atomic E-state index is -0.471. The van der Waals surface area contributed by atoms with Crippen LogP contribution in [0, 0.1) is 0 Å². The van der Waals surface area contributed by atoms with Crippen LogP contribution in [0.3, 0.4) is 0 Å². The van der Waals surface area contributed by atoms with Gasteiger partial charge in [0.25, 0.3) is 0 Å². The average Bonchev–Trinajstić information content (AvgIpc) is 3.03. The normalized spacial score (nSPS) is 17.0. The maximum absolute atomic E-state index is 11.9. The van der Waals surface area contributed by atoms with E-state index in [4.69, 9.17) is 4.74 Å². The molecule has 5 heteroatoms. The van der Waals surface area contributed by atoms with Crippen molar-refractivity contribution in [1.29, 1.82) is 0 Å². The van der Waals surface area contributed by atoms with Crippen molar-refractivity contribution in [2.45, 2.75) is 25.2 Å². The summed E-state index contributed by atoms with van der Waals surface area (Å²) in [6, 6.07) is 3.78. The molecule has 0 saturated heterocycles. The summed E-state index contributed by atoms with van der Waals surface area (Å²) in [5.74, 6) is -0.140. The van der Waals surface area contributed by atoms with Gasteiger partial charge in [0.05, 0.1) is 6.61 Å². The van der Waals surface area contributed by atoms with E-state index in [0.29, 0.717) is 6.61 Å². The molecule has 1 saturated carbocycles. The van der Waals surface area contributed by atoms with Crippen molar-refractivity contribution in [3.8, 4) is 0 Å². The number of aromatic nitrogens is 2. The number of esters is 1. The third kappa shape index (κ3) is 1.61. The largest absolute Gasteiger partial charge is 0.465 e. The zero-order chi connectivity index (χ0) is 11.9. The quantitative estimate of drug-likeness (QED) is 0.782. The van der Waals surface area contributed by atoms with Crippen LogP contribution in [0.4, 0.5) is 0 Å². The summed E-state index contributed by atoms with van der Waals surface area (Å²) in [4.78, 5) is 21.6. The topological polar surface area (TPSA) is 52.1 Å². The van der Waals surface area contributed by atoms with E-state index in [1.165, 1.54) is 11.3 Å². The Morgan fingerprint density at radius 1 is 1.59 bits per heavy atom. The summed E-state index contributed by atoms with van der Waals surface area (Å²) in [6.07, 6.45) is 3.42. The van der Waals surface area contributed by atoms with Gasteiger partial charge in [-0.15, -0.1) is 0 Å². The minimum absolute atomic E-state index is 0.140. The Hall–Kier alpha value is -1.49. The molecule has 0 aliphatic heterocycles. The first-order valence-corrected chi connectivity index (χ1v) is 6.47. The number of carbonyl (C=O) groups excluding carboxylic acids is 1. The summed E-state index contributed by atoms with van der Waals surface area (Å²) in [6.45, 7) is 2.25. The molecule has 0 N–H and O–H groups in total. The number of ether oxygens (including phenoxy) is 1. The number of nitrogens with zero attached hydrogens (tertiary/aromatic N) is 2. The summed E-state index contributed by atoms with van der Waals surface area (Å²) in [7, 11) is 0. The molecule has 1 aliphatic carbocycles. The van der Waals surface area contributed by atoms with Gasteiger partial charge < -0.3 is 4.74 Å². The Bertz CT molecular complexity index is 542. The van der Waals surface area contributed by atoms with Crippen molar-refractivity contribution < 1.29 is 9.53 Å². The molecule has 2 aromatic heterocycles. The van der Waals surface area contributed by atoms with Crippen LogP contribution in [-0.2, 0) is 14.9 Å². The lowest BCUT2D eigenvalue weighted by Crippen LogP contribution is -2.22. The van der Waals surface area contributed by atoms with Gasteiger partial charge in [-0.2, -0.15) is 0 Å². The number of carbonyl (C=O) groups is 1. The fourth-order valence-electron chi connectivity index (χ4n) is 1.87. The highest BCUT2D eigenvalue weighted by Crippen LogP contribution is 2.51. The molecule has 0 aromatic carbocycles. The van der Waals surface area contributed by atoms with Gasteiger partial charge in [-0.3, -0.25) is 4.79 Å². The highest BCUT2D eigenvalue weighted by molar-refractivity contribution is 7.18. The molecule has 4 nitrogen and oxygen atoms in total. The molecule has 88 valence electrons. The van der Waals surface area contributed by atoms with Crippen LogP contribution in [0.1, 0.15) is 24.8 Å². The van der Waals surface area contributed by atoms with Gasteiger partial charge in [0.2, 0.25) is 0 Å². The summed E-state index contributed by atoms with van der Waals surface area (Å²) >= 11 is 1.50. The molecule has 0 unspecified atom stereocenters. The van der Waals surface area contributed by atoms with Gasteiger partial charge in [0, 0.05) is 6.20 Å². The second kappa shape index (κ2) is 3.77. The first kappa shape index (κ1) is 10.7. The van der Waals surface area contributed by atoms with E-state index in [1.807, 2.05) is 19.1 Å². The van der Waals surface area contributed by atoms with Crippen molar-refractivity contribution in [3.05, 3.63) is 23.3 Å². The van der Waals surface area contributed by atoms with Crippen molar-refractivity contribution in [3.63, 3.8) is 0 Å². The molecule has 1 fully saturated rings. The lowest BCUT2D eigenvalue weighted by Gasteiger charge is -2.09. The van der Waals surface area contributed by atoms with Crippen LogP contribution in [-0.4, -0.2) is 22.5 Å². The third-order valence-electron chi connectivity index (χ3n) is 2.99. The van der Waals surface area contributed by atoms with Crippen molar-refractivity contribution in [1.82, 2.24) is 9.97 Å². The van der Waals surface area contributed by atoms with E-state index in [2.05, 4.69) is 9.97 Å². The first-order valence-electron chi connectivity index (χ1n) is 5.65. The van der Waals surface area contributed by atoms with Gasteiger partial charge >= 0.3 is 5.97 Å². The lowest BCUT2D eigenvalue weighted by atomic mass is 10.1. The van der Waals surface area contributed by atoms with Crippen LogP contribution in [0.2, 0.25) is 0 Å². The second-order valence-corrected chi connectivity index (χ2v) is 5.13. The van der Waals surface area contributed by atoms with E-state index in [1.54, 1.807) is 6.20 Å². The van der Waals surface area contributed by atoms with Crippen molar-refractivity contribution >= 4 is 27.7 Å². The lowest BCUT2D eigenvalue weighted by molar-refractivity contribution is -0.146. The van der Waals surface area contributed by atoms with Crippen molar-refractivity contribution in [2.24, 2.45) is 0 Å². The molecule has 0 atom stereocenters. The highest BCUT2D eigenvalue weighted by Gasteiger charge is 2.55. The zero-order valence-corrected chi connectivity index (χ0v) is 10.3. The van der Waals surface area contributed by atoms with E-state index < -0.39 is 5.41 Å². The number of pyridine rings is 1. The van der Waals surface area contributed by atoms with E-state index in [-0.39, 0.29) is 5.97 Å². The maximum Gasteiger partial charge on any atom is 0.319 e. The van der Waals surface area contributed by atoms with Gasteiger partial charge in [-0.1, -0.05) is 11.3 Å². The first-order chi connectivity index (χ1) is 8.26.